The summed E-state index contributed by atoms with van der Waals surface area (Å²) < 4.78 is 11.7. The first kappa shape index (κ1) is 19.2. The zero-order valence-electron chi connectivity index (χ0n) is 15.8. The summed E-state index contributed by atoms with van der Waals surface area (Å²) in [5.41, 5.74) is 2.30. The molecule has 1 aliphatic rings. The van der Waals surface area contributed by atoms with Crippen LogP contribution < -0.4 is 4.74 Å². The van der Waals surface area contributed by atoms with Crippen LogP contribution >= 0.6 is 11.6 Å². The molecule has 1 aliphatic heterocycles. The highest BCUT2D eigenvalue weighted by Crippen LogP contribution is 2.25. The van der Waals surface area contributed by atoms with Crippen LogP contribution in [0.15, 0.2) is 30.3 Å². The molecule has 1 saturated heterocycles. The second-order valence-corrected chi connectivity index (χ2v) is 8.41. The predicted molar refractivity (Wildman–Crippen MR) is 104 cm³/mol. The van der Waals surface area contributed by atoms with Crippen molar-refractivity contribution in [3.8, 4) is 5.75 Å². The van der Waals surface area contributed by atoms with Gasteiger partial charge in [-0.1, -0.05) is 44.5 Å². The van der Waals surface area contributed by atoms with E-state index in [1.807, 2.05) is 24.3 Å². The summed E-state index contributed by atoms with van der Waals surface area (Å²) in [6.45, 7) is 11.0. The van der Waals surface area contributed by atoms with E-state index in [4.69, 9.17) is 21.1 Å². The standard InChI is InChI=1S/C20H28ClN3O2/c1-20(2,3)14-24-9-11-26-19(13-24)17-12-15(22-23-17)8-10-25-18-7-5-4-6-16(18)21/h4-7,12,19H,8-11,13-14H2,1-3H3,(H,22,23)/t19-/m1/s1. The number of nitrogens with one attached hydrogen (secondary N) is 1. The van der Waals surface area contributed by atoms with Gasteiger partial charge in [0.05, 0.1) is 23.9 Å². The topological polar surface area (TPSA) is 50.4 Å². The number of aromatic nitrogens is 2. The summed E-state index contributed by atoms with van der Waals surface area (Å²) in [5.74, 6) is 0.711. The number of halogens is 1. The molecule has 2 aromatic rings. The van der Waals surface area contributed by atoms with E-state index in [-0.39, 0.29) is 11.5 Å². The lowest BCUT2D eigenvalue weighted by molar-refractivity contribution is -0.0407. The molecular formula is C20H28ClN3O2. The minimum Gasteiger partial charge on any atom is -0.492 e. The molecule has 2 heterocycles. The number of morpholine rings is 1. The third kappa shape index (κ3) is 5.47. The molecule has 0 spiro atoms. The number of nitrogens with zero attached hydrogens (tertiary/aromatic N) is 2. The van der Waals surface area contributed by atoms with E-state index >= 15 is 0 Å². The number of para-hydroxylation sites is 1. The zero-order chi connectivity index (χ0) is 18.6. The molecule has 1 fully saturated rings. The molecule has 1 N–H and O–H groups in total. The van der Waals surface area contributed by atoms with E-state index in [0.29, 0.717) is 17.4 Å². The Morgan fingerprint density at radius 1 is 1.35 bits per heavy atom. The van der Waals surface area contributed by atoms with E-state index in [2.05, 4.69) is 41.9 Å². The second kappa shape index (κ2) is 8.42. The smallest absolute Gasteiger partial charge is 0.137 e. The highest BCUT2D eigenvalue weighted by Gasteiger charge is 2.26. The van der Waals surface area contributed by atoms with Gasteiger partial charge < -0.3 is 9.47 Å². The monoisotopic (exact) mass is 377 g/mol. The van der Waals surface area contributed by atoms with Crippen molar-refractivity contribution in [2.45, 2.75) is 33.3 Å². The molecule has 26 heavy (non-hydrogen) atoms. The maximum absolute atomic E-state index is 6.10. The fraction of sp³-hybridized carbons (Fsp3) is 0.550. The quantitative estimate of drug-likeness (QED) is 0.823. The molecule has 1 atom stereocenters. The van der Waals surface area contributed by atoms with Crippen molar-refractivity contribution >= 4 is 11.6 Å². The Balaban J connectivity index is 1.52. The maximum atomic E-state index is 6.10. The number of hydrogen-bond donors (Lipinski definition) is 1. The van der Waals surface area contributed by atoms with Crippen LogP contribution in [0.3, 0.4) is 0 Å². The van der Waals surface area contributed by atoms with E-state index in [9.17, 15) is 0 Å². The fourth-order valence-corrected chi connectivity index (χ4v) is 3.39. The van der Waals surface area contributed by atoms with Gasteiger partial charge in [-0.3, -0.25) is 10.00 Å². The molecule has 142 valence electrons. The average Bonchev–Trinajstić information content (AvgIpc) is 3.04. The lowest BCUT2D eigenvalue weighted by Crippen LogP contribution is -2.42. The Morgan fingerprint density at radius 3 is 2.92 bits per heavy atom. The van der Waals surface area contributed by atoms with Crippen molar-refractivity contribution in [3.63, 3.8) is 0 Å². The predicted octanol–water partition coefficient (Wildman–Crippen LogP) is 4.10. The molecule has 6 heteroatoms. The van der Waals surface area contributed by atoms with Gasteiger partial charge in [0, 0.05) is 31.7 Å². The number of rotatable bonds is 6. The molecule has 0 amide bonds. The van der Waals surface area contributed by atoms with Gasteiger partial charge in [-0.05, 0) is 23.6 Å². The highest BCUT2D eigenvalue weighted by atomic mass is 35.5. The van der Waals surface area contributed by atoms with Crippen molar-refractivity contribution in [1.29, 1.82) is 0 Å². The molecule has 0 bridgehead atoms. The Bertz CT molecular complexity index is 711. The van der Waals surface area contributed by atoms with E-state index in [0.717, 1.165) is 44.0 Å². The van der Waals surface area contributed by atoms with Crippen molar-refractivity contribution in [2.75, 3.05) is 32.8 Å². The molecular weight excluding hydrogens is 350 g/mol. The van der Waals surface area contributed by atoms with Gasteiger partial charge in [-0.25, -0.2) is 0 Å². The third-order valence-corrected chi connectivity index (χ3v) is 4.61. The fourth-order valence-electron chi connectivity index (χ4n) is 3.20. The number of hydrogen-bond acceptors (Lipinski definition) is 4. The molecule has 0 aliphatic carbocycles. The van der Waals surface area contributed by atoms with Gasteiger partial charge >= 0.3 is 0 Å². The molecule has 0 saturated carbocycles. The summed E-state index contributed by atoms with van der Waals surface area (Å²) in [4.78, 5) is 2.46. The minimum absolute atomic E-state index is 0.0283. The lowest BCUT2D eigenvalue weighted by Gasteiger charge is -2.36. The van der Waals surface area contributed by atoms with Gasteiger partial charge in [0.15, 0.2) is 0 Å². The Kier molecular flexibility index (Phi) is 6.22. The molecule has 3 rings (SSSR count). The van der Waals surface area contributed by atoms with Gasteiger partial charge in [0.2, 0.25) is 0 Å². The summed E-state index contributed by atoms with van der Waals surface area (Å²) >= 11 is 6.10. The summed E-state index contributed by atoms with van der Waals surface area (Å²) in [5, 5.41) is 8.19. The minimum atomic E-state index is 0.0283. The Labute approximate surface area is 160 Å². The van der Waals surface area contributed by atoms with Crippen LogP contribution in [0.25, 0.3) is 0 Å². The first-order chi connectivity index (χ1) is 12.4. The SMILES string of the molecule is CC(C)(C)CN1CCO[C@@H](c2cc(CCOc3ccccc3Cl)[nH]n2)C1. The average molecular weight is 378 g/mol. The van der Waals surface area contributed by atoms with Crippen LogP contribution in [0.2, 0.25) is 5.02 Å². The van der Waals surface area contributed by atoms with Crippen molar-refractivity contribution < 1.29 is 9.47 Å². The van der Waals surface area contributed by atoms with E-state index in [1.54, 1.807) is 0 Å². The number of H-pyrrole nitrogens is 1. The number of aromatic amines is 1. The number of benzene rings is 1. The van der Waals surface area contributed by atoms with Gasteiger partial charge in [-0.15, -0.1) is 0 Å². The first-order valence-corrected chi connectivity index (χ1v) is 9.54. The van der Waals surface area contributed by atoms with Gasteiger partial charge in [-0.2, -0.15) is 5.10 Å². The van der Waals surface area contributed by atoms with E-state index < -0.39 is 0 Å². The van der Waals surface area contributed by atoms with Crippen molar-refractivity contribution in [1.82, 2.24) is 15.1 Å². The van der Waals surface area contributed by atoms with Crippen LogP contribution in [0.4, 0.5) is 0 Å². The second-order valence-electron chi connectivity index (χ2n) is 8.00. The van der Waals surface area contributed by atoms with Crippen LogP contribution in [0.1, 0.15) is 38.3 Å². The van der Waals surface area contributed by atoms with Gasteiger partial charge in [0.25, 0.3) is 0 Å². The van der Waals surface area contributed by atoms with Crippen molar-refractivity contribution in [2.24, 2.45) is 5.41 Å². The molecule has 1 aromatic heterocycles. The molecule has 5 nitrogen and oxygen atoms in total. The Morgan fingerprint density at radius 2 is 2.15 bits per heavy atom. The third-order valence-electron chi connectivity index (χ3n) is 4.29. The highest BCUT2D eigenvalue weighted by molar-refractivity contribution is 6.32. The first-order valence-electron chi connectivity index (χ1n) is 9.16. The lowest BCUT2D eigenvalue weighted by atomic mass is 9.95. The summed E-state index contributed by atoms with van der Waals surface area (Å²) in [7, 11) is 0. The number of ether oxygens (including phenoxy) is 2. The summed E-state index contributed by atoms with van der Waals surface area (Å²) in [6, 6.07) is 9.60. The zero-order valence-corrected chi connectivity index (χ0v) is 16.6. The molecule has 0 radical (unpaired) electrons. The van der Waals surface area contributed by atoms with Crippen LogP contribution in [-0.4, -0.2) is 47.9 Å². The van der Waals surface area contributed by atoms with Crippen molar-refractivity contribution in [3.05, 3.63) is 46.7 Å². The summed E-state index contributed by atoms with van der Waals surface area (Å²) in [6.07, 6.45) is 0.775. The van der Waals surface area contributed by atoms with Crippen LogP contribution in [0, 0.1) is 5.41 Å². The Hall–Kier alpha value is -1.56. The largest absolute Gasteiger partial charge is 0.492 e. The van der Waals surface area contributed by atoms with E-state index in [1.165, 1.54) is 0 Å². The van der Waals surface area contributed by atoms with Gasteiger partial charge in [0.1, 0.15) is 11.9 Å². The molecule has 0 unspecified atom stereocenters. The molecule has 1 aromatic carbocycles. The van der Waals surface area contributed by atoms with Crippen LogP contribution in [-0.2, 0) is 11.2 Å². The maximum Gasteiger partial charge on any atom is 0.137 e. The normalized spacial score (nSPS) is 18.8. The van der Waals surface area contributed by atoms with Crippen LogP contribution in [0.5, 0.6) is 5.75 Å².